The summed E-state index contributed by atoms with van der Waals surface area (Å²) in [5.41, 5.74) is 3.98. The molecule has 0 aliphatic heterocycles. The summed E-state index contributed by atoms with van der Waals surface area (Å²) in [6.07, 6.45) is 5.26. The van der Waals surface area contributed by atoms with Crippen LogP contribution in [0.25, 0.3) is 0 Å². The predicted molar refractivity (Wildman–Crippen MR) is 129 cm³/mol. The van der Waals surface area contributed by atoms with E-state index in [0.29, 0.717) is 17.0 Å². The van der Waals surface area contributed by atoms with Crippen LogP contribution in [-0.2, 0) is 6.67 Å². The molecule has 0 bridgehead atoms. The number of rotatable bonds is 13. The monoisotopic (exact) mass is 428 g/mol. The van der Waals surface area contributed by atoms with Crippen LogP contribution in [0, 0.1) is 18.3 Å². The van der Waals surface area contributed by atoms with Crippen LogP contribution in [0.2, 0.25) is 0 Å². The van der Waals surface area contributed by atoms with Gasteiger partial charge in [0.05, 0.1) is 5.70 Å². The first-order chi connectivity index (χ1) is 14.7. The predicted octanol–water partition coefficient (Wildman–Crippen LogP) is 7.71. The number of nitrogens with zero attached hydrogens (tertiary/aromatic N) is 1. The lowest BCUT2D eigenvalue weighted by atomic mass is 9.86. The van der Waals surface area contributed by atoms with E-state index in [1.165, 1.54) is 0 Å². The average molecular weight is 429 g/mol. The summed E-state index contributed by atoms with van der Waals surface area (Å²) in [7, 11) is 0. The molecule has 170 valence electrons. The summed E-state index contributed by atoms with van der Waals surface area (Å²) in [6.45, 7) is 19.5. The Morgan fingerprint density at radius 3 is 2.55 bits per heavy atom. The lowest BCUT2D eigenvalue weighted by Gasteiger charge is -2.28. The number of unbranched alkanes of at least 4 members (excludes halogenated alkanes) is 1. The topological polar surface area (TPSA) is 24.4 Å². The first-order valence-corrected chi connectivity index (χ1v) is 11.3. The molecule has 1 aliphatic rings. The molecule has 0 amide bonds. The first kappa shape index (κ1) is 25.0. The Kier molecular flexibility index (Phi) is 8.79. The molecule has 0 spiro atoms. The molecule has 3 atom stereocenters. The second kappa shape index (κ2) is 10.9. The zero-order valence-corrected chi connectivity index (χ0v) is 19.6. The van der Waals surface area contributed by atoms with Gasteiger partial charge in [0.1, 0.15) is 12.8 Å². The number of halogens is 2. The Bertz CT molecular complexity index is 836. The van der Waals surface area contributed by atoms with E-state index >= 15 is 4.39 Å². The number of aliphatic imine (C=N–C) groups is 1. The van der Waals surface area contributed by atoms with Crippen LogP contribution in [0.1, 0.15) is 75.6 Å². The number of alkyl halides is 2. The highest BCUT2D eigenvalue weighted by atomic mass is 19.1. The van der Waals surface area contributed by atoms with Crippen molar-refractivity contribution in [2.24, 2.45) is 16.3 Å². The standard InChI is InChI=1S/C27H38F2N2/c1-8-10-12-21(9-2)24(25(30-7)26(29)27(6)15-16-27)20(5)31-19(4)23-14-11-13-22(17-28)18(23)3/h9,11,13-14,19,21,26,31H,2,5,7-8,10,12,15-17H2,1,3-4,6H3/b25-24+. The molecular formula is C27H38F2N2. The fourth-order valence-corrected chi connectivity index (χ4v) is 4.19. The number of allylic oxidation sites excluding steroid dienone is 3. The zero-order valence-electron chi connectivity index (χ0n) is 19.6. The third-order valence-corrected chi connectivity index (χ3v) is 6.68. The number of benzene rings is 1. The second-order valence-electron chi connectivity index (χ2n) is 9.07. The van der Waals surface area contributed by atoms with Crippen LogP contribution in [0.15, 0.2) is 59.4 Å². The van der Waals surface area contributed by atoms with Crippen molar-refractivity contribution < 1.29 is 8.78 Å². The fraction of sp³-hybridized carbons (Fsp3) is 0.519. The van der Waals surface area contributed by atoms with E-state index < -0.39 is 12.8 Å². The van der Waals surface area contributed by atoms with E-state index in [-0.39, 0.29) is 17.4 Å². The quantitative estimate of drug-likeness (QED) is 0.194. The van der Waals surface area contributed by atoms with Gasteiger partial charge in [-0.05, 0) is 56.5 Å². The van der Waals surface area contributed by atoms with Gasteiger partial charge in [0.2, 0.25) is 0 Å². The van der Waals surface area contributed by atoms with E-state index in [1.54, 1.807) is 6.07 Å². The Hall–Kier alpha value is -2.23. The summed E-state index contributed by atoms with van der Waals surface area (Å²) in [4.78, 5) is 4.17. The fourth-order valence-electron chi connectivity index (χ4n) is 4.19. The summed E-state index contributed by atoms with van der Waals surface area (Å²) in [5, 5.41) is 3.44. The van der Waals surface area contributed by atoms with Crippen LogP contribution in [0.5, 0.6) is 0 Å². The summed E-state index contributed by atoms with van der Waals surface area (Å²) >= 11 is 0. The maximum atomic E-state index is 15.6. The molecule has 2 nitrogen and oxygen atoms in total. The second-order valence-corrected chi connectivity index (χ2v) is 9.07. The van der Waals surface area contributed by atoms with Gasteiger partial charge in [-0.3, -0.25) is 4.99 Å². The van der Waals surface area contributed by atoms with Crippen molar-refractivity contribution in [3.8, 4) is 0 Å². The van der Waals surface area contributed by atoms with Gasteiger partial charge in [-0.15, -0.1) is 6.58 Å². The van der Waals surface area contributed by atoms with Crippen molar-refractivity contribution in [2.75, 3.05) is 0 Å². The summed E-state index contributed by atoms with van der Waals surface area (Å²) < 4.78 is 28.9. The Morgan fingerprint density at radius 1 is 1.35 bits per heavy atom. The van der Waals surface area contributed by atoms with Crippen LogP contribution >= 0.6 is 0 Å². The molecule has 0 heterocycles. The molecule has 4 heteroatoms. The minimum Gasteiger partial charge on any atom is -0.379 e. The molecule has 0 saturated heterocycles. The summed E-state index contributed by atoms with van der Waals surface area (Å²) in [6, 6.07) is 5.53. The van der Waals surface area contributed by atoms with Crippen LogP contribution in [-0.4, -0.2) is 12.9 Å². The molecule has 1 aromatic carbocycles. The Balaban J connectivity index is 2.43. The average Bonchev–Trinajstić information content (AvgIpc) is 3.51. The third-order valence-electron chi connectivity index (χ3n) is 6.68. The van der Waals surface area contributed by atoms with Gasteiger partial charge in [-0.1, -0.05) is 57.5 Å². The number of nitrogens with one attached hydrogen (secondary N) is 1. The van der Waals surface area contributed by atoms with Gasteiger partial charge < -0.3 is 5.32 Å². The van der Waals surface area contributed by atoms with Gasteiger partial charge in [0.15, 0.2) is 0 Å². The Morgan fingerprint density at radius 2 is 2.03 bits per heavy atom. The van der Waals surface area contributed by atoms with Gasteiger partial charge in [0, 0.05) is 28.6 Å². The first-order valence-electron chi connectivity index (χ1n) is 11.3. The van der Waals surface area contributed by atoms with Crippen LogP contribution in [0.4, 0.5) is 8.78 Å². The molecular weight excluding hydrogens is 390 g/mol. The lowest BCUT2D eigenvalue weighted by molar-refractivity contribution is 0.259. The van der Waals surface area contributed by atoms with Gasteiger partial charge in [0.25, 0.3) is 0 Å². The van der Waals surface area contributed by atoms with Crippen molar-refractivity contribution in [2.45, 2.75) is 78.7 Å². The molecule has 3 unspecified atom stereocenters. The third kappa shape index (κ3) is 5.72. The van der Waals surface area contributed by atoms with Gasteiger partial charge in [-0.2, -0.15) is 0 Å². The lowest BCUT2D eigenvalue weighted by Crippen LogP contribution is -2.26. The molecule has 1 aliphatic carbocycles. The molecule has 1 N–H and O–H groups in total. The maximum Gasteiger partial charge on any atom is 0.148 e. The van der Waals surface area contributed by atoms with Gasteiger partial charge in [-0.25, -0.2) is 8.78 Å². The SMILES string of the molecule is C=CC(CCCC)/C(C(=C)NC(C)c1cccc(CF)c1C)=C(/N=C)C(F)C1(C)CC1. The van der Waals surface area contributed by atoms with Crippen molar-refractivity contribution in [3.63, 3.8) is 0 Å². The minimum atomic E-state index is -1.19. The smallest absolute Gasteiger partial charge is 0.148 e. The number of hydrogen-bond acceptors (Lipinski definition) is 2. The molecule has 1 fully saturated rings. The highest BCUT2D eigenvalue weighted by Crippen LogP contribution is 2.53. The van der Waals surface area contributed by atoms with Crippen LogP contribution < -0.4 is 5.32 Å². The summed E-state index contributed by atoms with van der Waals surface area (Å²) in [5.74, 6) is -0.0634. The normalized spacial score (nSPS) is 18.4. The molecule has 1 saturated carbocycles. The molecule has 2 rings (SSSR count). The van der Waals surface area contributed by atoms with Crippen molar-refractivity contribution in [1.82, 2.24) is 5.32 Å². The molecule has 0 aromatic heterocycles. The largest absolute Gasteiger partial charge is 0.379 e. The van der Waals surface area contributed by atoms with Crippen molar-refractivity contribution >= 4 is 6.72 Å². The van der Waals surface area contributed by atoms with Crippen molar-refractivity contribution in [1.29, 1.82) is 0 Å². The minimum absolute atomic E-state index is 0.0634. The zero-order chi connectivity index (χ0) is 23.2. The molecule has 0 radical (unpaired) electrons. The molecule has 1 aromatic rings. The molecule has 31 heavy (non-hydrogen) atoms. The van der Waals surface area contributed by atoms with E-state index in [1.807, 2.05) is 39.0 Å². The Labute approximate surface area is 187 Å². The van der Waals surface area contributed by atoms with Crippen LogP contribution in [0.3, 0.4) is 0 Å². The van der Waals surface area contributed by atoms with E-state index in [2.05, 4.69) is 37.1 Å². The van der Waals surface area contributed by atoms with E-state index in [4.69, 9.17) is 0 Å². The van der Waals surface area contributed by atoms with Crippen molar-refractivity contribution in [3.05, 3.63) is 71.1 Å². The highest BCUT2D eigenvalue weighted by Gasteiger charge is 2.48. The highest BCUT2D eigenvalue weighted by molar-refractivity contribution is 5.44. The van der Waals surface area contributed by atoms with Gasteiger partial charge >= 0.3 is 0 Å². The maximum absolute atomic E-state index is 15.6. The number of hydrogen-bond donors (Lipinski definition) is 1. The van der Waals surface area contributed by atoms with E-state index in [0.717, 1.165) is 48.8 Å². The van der Waals surface area contributed by atoms with E-state index in [9.17, 15) is 4.39 Å².